The van der Waals surface area contributed by atoms with Crippen LogP contribution in [0.1, 0.15) is 26.2 Å². The Morgan fingerprint density at radius 1 is 1.47 bits per heavy atom. The molecule has 0 aromatic carbocycles. The number of hydrogen-bond acceptors (Lipinski definition) is 3. The molecule has 0 aliphatic rings. The van der Waals surface area contributed by atoms with Crippen molar-refractivity contribution in [3.63, 3.8) is 0 Å². The minimum atomic E-state index is -4.35. The van der Waals surface area contributed by atoms with Crippen LogP contribution in [0.3, 0.4) is 0 Å². The van der Waals surface area contributed by atoms with Crippen LogP contribution in [0.25, 0.3) is 0 Å². The number of hydrogen-bond donors (Lipinski definition) is 2. The molecule has 102 valence electrons. The zero-order chi connectivity index (χ0) is 13.3. The van der Waals surface area contributed by atoms with Crippen molar-refractivity contribution in [3.05, 3.63) is 0 Å². The predicted molar refractivity (Wildman–Crippen MR) is 57.4 cm³/mol. The third-order valence-electron chi connectivity index (χ3n) is 1.96. The van der Waals surface area contributed by atoms with Crippen molar-refractivity contribution in [1.82, 2.24) is 5.32 Å². The largest absolute Gasteiger partial charge is 0.411 e. The molecule has 1 unspecified atom stereocenters. The first-order valence-corrected chi connectivity index (χ1v) is 5.52. The molecule has 7 heteroatoms. The predicted octanol–water partition coefficient (Wildman–Crippen LogP) is 1.20. The lowest BCUT2D eigenvalue weighted by Crippen LogP contribution is -2.37. The molecule has 0 fully saturated rings. The molecule has 0 saturated carbocycles. The van der Waals surface area contributed by atoms with Gasteiger partial charge in [-0.2, -0.15) is 13.2 Å². The standard InChI is InChI=1S/C10H19F3N2O2/c1-2-3-8(14)6-15-9(16)4-5-17-7-10(11,12)13/h8H,2-7,14H2,1H3,(H,15,16). The summed E-state index contributed by atoms with van der Waals surface area (Å²) in [5.74, 6) is -0.348. The van der Waals surface area contributed by atoms with E-state index in [9.17, 15) is 18.0 Å². The van der Waals surface area contributed by atoms with Gasteiger partial charge >= 0.3 is 6.18 Å². The van der Waals surface area contributed by atoms with E-state index in [1.54, 1.807) is 0 Å². The number of nitrogens with one attached hydrogen (secondary N) is 1. The van der Waals surface area contributed by atoms with Crippen LogP contribution in [-0.2, 0) is 9.53 Å². The van der Waals surface area contributed by atoms with Crippen molar-refractivity contribution in [1.29, 1.82) is 0 Å². The van der Waals surface area contributed by atoms with Gasteiger partial charge in [-0.1, -0.05) is 13.3 Å². The third kappa shape index (κ3) is 11.4. The Labute approximate surface area is 98.7 Å². The minimum absolute atomic E-state index is 0.0884. The fraction of sp³-hybridized carbons (Fsp3) is 0.900. The topological polar surface area (TPSA) is 64.3 Å². The Bertz CT molecular complexity index is 222. The zero-order valence-corrected chi connectivity index (χ0v) is 9.85. The molecule has 0 radical (unpaired) electrons. The fourth-order valence-corrected chi connectivity index (χ4v) is 1.16. The average molecular weight is 256 g/mol. The minimum Gasteiger partial charge on any atom is -0.372 e. The Balaban J connectivity index is 3.47. The first-order valence-electron chi connectivity index (χ1n) is 5.52. The van der Waals surface area contributed by atoms with E-state index < -0.39 is 12.8 Å². The maximum absolute atomic E-state index is 11.7. The van der Waals surface area contributed by atoms with Crippen LogP contribution in [-0.4, -0.2) is 37.9 Å². The van der Waals surface area contributed by atoms with Crippen LogP contribution in [0, 0.1) is 0 Å². The highest BCUT2D eigenvalue weighted by molar-refractivity contribution is 5.75. The Kier molecular flexibility index (Phi) is 7.90. The number of rotatable bonds is 8. The average Bonchev–Trinajstić information content (AvgIpc) is 2.21. The molecule has 0 aliphatic heterocycles. The second-order valence-electron chi connectivity index (χ2n) is 3.77. The van der Waals surface area contributed by atoms with E-state index in [-0.39, 0.29) is 25.0 Å². The van der Waals surface area contributed by atoms with Crippen molar-refractivity contribution >= 4 is 5.91 Å². The van der Waals surface area contributed by atoms with E-state index in [4.69, 9.17) is 5.73 Å². The van der Waals surface area contributed by atoms with Crippen LogP contribution >= 0.6 is 0 Å². The number of amides is 1. The van der Waals surface area contributed by atoms with Gasteiger partial charge in [-0.15, -0.1) is 0 Å². The molecule has 0 spiro atoms. The lowest BCUT2D eigenvalue weighted by molar-refractivity contribution is -0.174. The Hall–Kier alpha value is -0.820. The molecule has 0 saturated heterocycles. The van der Waals surface area contributed by atoms with Gasteiger partial charge in [0.2, 0.25) is 5.91 Å². The van der Waals surface area contributed by atoms with Gasteiger partial charge in [-0.3, -0.25) is 4.79 Å². The molecule has 4 nitrogen and oxygen atoms in total. The van der Waals surface area contributed by atoms with E-state index in [2.05, 4.69) is 10.1 Å². The Morgan fingerprint density at radius 2 is 2.12 bits per heavy atom. The van der Waals surface area contributed by atoms with Gasteiger partial charge in [0.15, 0.2) is 0 Å². The van der Waals surface area contributed by atoms with E-state index in [1.807, 2.05) is 6.92 Å². The SMILES string of the molecule is CCCC(N)CNC(=O)CCOCC(F)(F)F. The number of alkyl halides is 3. The van der Waals surface area contributed by atoms with Gasteiger partial charge in [-0.05, 0) is 6.42 Å². The monoisotopic (exact) mass is 256 g/mol. The van der Waals surface area contributed by atoms with Gasteiger partial charge in [0.05, 0.1) is 6.61 Å². The second kappa shape index (κ2) is 8.30. The summed E-state index contributed by atoms with van der Waals surface area (Å²) in [6.07, 6.45) is -2.72. The summed E-state index contributed by atoms with van der Waals surface area (Å²) in [4.78, 5) is 11.1. The second-order valence-corrected chi connectivity index (χ2v) is 3.77. The van der Waals surface area contributed by atoms with E-state index >= 15 is 0 Å². The number of nitrogens with two attached hydrogens (primary N) is 1. The van der Waals surface area contributed by atoms with Crippen LogP contribution in [0.2, 0.25) is 0 Å². The molecular formula is C10H19F3N2O2. The van der Waals surface area contributed by atoms with Crippen molar-refractivity contribution < 1.29 is 22.7 Å². The van der Waals surface area contributed by atoms with E-state index in [0.717, 1.165) is 12.8 Å². The molecular weight excluding hydrogens is 237 g/mol. The highest BCUT2D eigenvalue weighted by atomic mass is 19.4. The molecule has 3 N–H and O–H groups in total. The number of ether oxygens (including phenoxy) is 1. The number of halogens is 3. The third-order valence-corrected chi connectivity index (χ3v) is 1.96. The summed E-state index contributed by atoms with van der Waals surface area (Å²) >= 11 is 0. The first kappa shape index (κ1) is 16.2. The van der Waals surface area contributed by atoms with Gasteiger partial charge in [0, 0.05) is 19.0 Å². The quantitative estimate of drug-likeness (QED) is 0.641. The van der Waals surface area contributed by atoms with Crippen LogP contribution in [0.4, 0.5) is 13.2 Å². The molecule has 0 aromatic rings. The lowest BCUT2D eigenvalue weighted by atomic mass is 10.2. The van der Waals surface area contributed by atoms with E-state index in [0.29, 0.717) is 6.54 Å². The molecule has 17 heavy (non-hydrogen) atoms. The maximum atomic E-state index is 11.7. The molecule has 1 atom stereocenters. The summed E-state index contributed by atoms with van der Waals surface area (Å²) in [5.41, 5.74) is 5.65. The van der Waals surface area contributed by atoms with Crippen LogP contribution in [0.15, 0.2) is 0 Å². The molecule has 0 rings (SSSR count). The molecule has 0 aliphatic carbocycles. The number of carbonyl (C=O) groups is 1. The fourth-order valence-electron chi connectivity index (χ4n) is 1.16. The van der Waals surface area contributed by atoms with Crippen molar-refractivity contribution in [2.45, 2.75) is 38.4 Å². The highest BCUT2D eigenvalue weighted by Crippen LogP contribution is 2.14. The van der Waals surface area contributed by atoms with Gasteiger partial charge in [0.25, 0.3) is 0 Å². The molecule has 0 bridgehead atoms. The normalized spacial score (nSPS) is 13.5. The summed E-state index contributed by atoms with van der Waals surface area (Å²) in [6.45, 7) is 0.753. The van der Waals surface area contributed by atoms with Gasteiger partial charge in [-0.25, -0.2) is 0 Å². The van der Waals surface area contributed by atoms with Crippen molar-refractivity contribution in [2.24, 2.45) is 5.73 Å². The summed E-state index contributed by atoms with van der Waals surface area (Å²) in [7, 11) is 0. The summed E-state index contributed by atoms with van der Waals surface area (Å²) < 4.78 is 39.3. The summed E-state index contributed by atoms with van der Waals surface area (Å²) in [5, 5.41) is 2.54. The maximum Gasteiger partial charge on any atom is 0.411 e. The molecule has 0 heterocycles. The first-order chi connectivity index (χ1) is 7.85. The van der Waals surface area contributed by atoms with Gasteiger partial charge < -0.3 is 15.8 Å². The van der Waals surface area contributed by atoms with Crippen LogP contribution in [0.5, 0.6) is 0 Å². The lowest BCUT2D eigenvalue weighted by Gasteiger charge is -2.12. The number of carbonyl (C=O) groups excluding carboxylic acids is 1. The van der Waals surface area contributed by atoms with Crippen molar-refractivity contribution in [3.8, 4) is 0 Å². The van der Waals surface area contributed by atoms with Crippen LogP contribution < -0.4 is 11.1 Å². The molecule has 1 amide bonds. The highest BCUT2D eigenvalue weighted by Gasteiger charge is 2.27. The zero-order valence-electron chi connectivity index (χ0n) is 9.85. The van der Waals surface area contributed by atoms with E-state index in [1.165, 1.54) is 0 Å². The van der Waals surface area contributed by atoms with Crippen molar-refractivity contribution in [2.75, 3.05) is 19.8 Å². The Morgan fingerprint density at radius 3 is 2.65 bits per heavy atom. The van der Waals surface area contributed by atoms with Gasteiger partial charge in [0.1, 0.15) is 6.61 Å². The molecule has 0 aromatic heterocycles. The summed E-state index contributed by atoms with van der Waals surface area (Å²) in [6, 6.07) is -0.111. The smallest absolute Gasteiger partial charge is 0.372 e.